The predicted molar refractivity (Wildman–Crippen MR) is 120 cm³/mol. The molecule has 3 aromatic rings. The number of hydrogen-bond donors (Lipinski definition) is 1. The average Bonchev–Trinajstić information content (AvgIpc) is 3.39. The molecule has 1 fully saturated rings. The maximum atomic E-state index is 11.2. The molecule has 9 heteroatoms. The molecule has 2 aromatic heterocycles. The summed E-state index contributed by atoms with van der Waals surface area (Å²) in [5.41, 5.74) is 1.97. The molecule has 2 heterocycles. The Hall–Kier alpha value is -2.39. The number of thioether (sulfide) groups is 1. The van der Waals surface area contributed by atoms with Gasteiger partial charge in [0.25, 0.3) is 0 Å². The van der Waals surface area contributed by atoms with E-state index in [0.717, 1.165) is 40.8 Å². The van der Waals surface area contributed by atoms with E-state index in [1.54, 1.807) is 18.9 Å². The minimum absolute atomic E-state index is 0.107. The highest BCUT2D eigenvalue weighted by atomic mass is 32.2. The topological polar surface area (TPSA) is 81.9 Å². The van der Waals surface area contributed by atoms with Crippen LogP contribution in [0.2, 0.25) is 0 Å². The molecule has 0 radical (unpaired) electrons. The van der Waals surface area contributed by atoms with Crippen molar-refractivity contribution in [2.24, 2.45) is 0 Å². The molecule has 0 saturated heterocycles. The van der Waals surface area contributed by atoms with Crippen LogP contribution >= 0.6 is 23.1 Å². The maximum absolute atomic E-state index is 11.2. The van der Waals surface area contributed by atoms with Crippen LogP contribution in [0.4, 0.5) is 5.13 Å². The van der Waals surface area contributed by atoms with Gasteiger partial charge in [-0.15, -0.1) is 21.5 Å². The third-order valence-electron chi connectivity index (χ3n) is 5.14. The molecule has 1 aliphatic rings. The van der Waals surface area contributed by atoms with Gasteiger partial charge in [-0.05, 0) is 37.1 Å². The number of carbonyl (C=O) groups excluding carboxylic acids is 1. The first-order valence-corrected chi connectivity index (χ1v) is 11.9. The summed E-state index contributed by atoms with van der Waals surface area (Å²) in [4.78, 5) is 15.7. The van der Waals surface area contributed by atoms with Gasteiger partial charge in [-0.2, -0.15) is 0 Å². The molecule has 0 bridgehead atoms. The molecule has 7 nitrogen and oxygen atoms in total. The Bertz CT molecular complexity index is 993. The van der Waals surface area contributed by atoms with Crippen LogP contribution in [0.1, 0.15) is 50.8 Å². The van der Waals surface area contributed by atoms with Gasteiger partial charge in [0, 0.05) is 29.7 Å². The molecule has 0 aliphatic heterocycles. The molecule has 30 heavy (non-hydrogen) atoms. The number of anilines is 1. The van der Waals surface area contributed by atoms with Crippen LogP contribution in [0.15, 0.2) is 34.8 Å². The summed E-state index contributed by atoms with van der Waals surface area (Å²) in [6, 6.07) is 8.41. The summed E-state index contributed by atoms with van der Waals surface area (Å²) < 4.78 is 7.60. The van der Waals surface area contributed by atoms with Gasteiger partial charge in [0.05, 0.1) is 12.8 Å². The Morgan fingerprint density at radius 1 is 1.23 bits per heavy atom. The fraction of sp³-hybridized carbons (Fsp3) is 0.429. The van der Waals surface area contributed by atoms with Crippen LogP contribution in [-0.4, -0.2) is 32.8 Å². The molecule has 4 rings (SSSR count). The molecule has 1 N–H and O–H groups in total. The lowest BCUT2D eigenvalue weighted by Gasteiger charge is -2.25. The predicted octanol–water partition coefficient (Wildman–Crippen LogP) is 5.17. The summed E-state index contributed by atoms with van der Waals surface area (Å²) in [6.07, 6.45) is 6.07. The summed E-state index contributed by atoms with van der Waals surface area (Å²) in [5, 5.41) is 15.3. The number of amides is 1. The van der Waals surface area contributed by atoms with Crippen molar-refractivity contribution in [2.75, 3.05) is 12.4 Å². The van der Waals surface area contributed by atoms with Crippen molar-refractivity contribution in [1.29, 1.82) is 0 Å². The fourth-order valence-electron chi connectivity index (χ4n) is 3.70. The Balaban J connectivity index is 1.58. The Kier molecular flexibility index (Phi) is 6.69. The number of benzene rings is 1. The second kappa shape index (κ2) is 9.61. The monoisotopic (exact) mass is 443 g/mol. The first-order valence-electron chi connectivity index (χ1n) is 10.1. The number of methoxy groups -OCH3 is 1. The van der Waals surface area contributed by atoms with Crippen LogP contribution in [-0.2, 0) is 10.5 Å². The van der Waals surface area contributed by atoms with Crippen molar-refractivity contribution in [3.05, 3.63) is 35.3 Å². The number of rotatable bonds is 7. The second-order valence-corrected chi connectivity index (χ2v) is 9.11. The zero-order valence-electron chi connectivity index (χ0n) is 17.1. The highest BCUT2D eigenvalue weighted by Gasteiger charge is 2.24. The van der Waals surface area contributed by atoms with Crippen molar-refractivity contribution in [3.63, 3.8) is 0 Å². The normalized spacial score (nSPS) is 14.6. The largest absolute Gasteiger partial charge is 0.497 e. The zero-order chi connectivity index (χ0) is 20.9. The molecule has 1 amide bonds. The number of thiazole rings is 1. The number of nitrogens with zero attached hydrogens (tertiary/aromatic N) is 4. The smallest absolute Gasteiger partial charge is 0.223 e. The minimum Gasteiger partial charge on any atom is -0.497 e. The number of nitrogens with one attached hydrogen (secondary N) is 1. The van der Waals surface area contributed by atoms with E-state index < -0.39 is 0 Å². The van der Waals surface area contributed by atoms with Gasteiger partial charge >= 0.3 is 0 Å². The SMILES string of the molecule is COc1ccc(-c2nnc(SCc3csc(NC(C)=O)n3)n2C2CCCCC2)cc1. The van der Waals surface area contributed by atoms with E-state index in [-0.39, 0.29) is 5.91 Å². The quantitative estimate of drug-likeness (QED) is 0.508. The van der Waals surface area contributed by atoms with Crippen LogP contribution in [0.5, 0.6) is 5.75 Å². The van der Waals surface area contributed by atoms with Gasteiger partial charge in [-0.3, -0.25) is 9.36 Å². The van der Waals surface area contributed by atoms with Crippen molar-refractivity contribution in [1.82, 2.24) is 19.7 Å². The molecule has 0 spiro atoms. The van der Waals surface area contributed by atoms with Gasteiger partial charge in [-0.25, -0.2) is 4.98 Å². The van der Waals surface area contributed by atoms with Crippen LogP contribution in [0.3, 0.4) is 0 Å². The van der Waals surface area contributed by atoms with Crippen LogP contribution in [0, 0.1) is 0 Å². The lowest BCUT2D eigenvalue weighted by atomic mass is 9.95. The molecular weight excluding hydrogens is 418 g/mol. The van der Waals surface area contributed by atoms with E-state index in [4.69, 9.17) is 4.74 Å². The summed E-state index contributed by atoms with van der Waals surface area (Å²) >= 11 is 3.09. The molecule has 1 aromatic carbocycles. The highest BCUT2D eigenvalue weighted by Crippen LogP contribution is 2.36. The molecule has 0 unspecified atom stereocenters. The molecule has 1 saturated carbocycles. The first kappa shape index (κ1) is 20.9. The second-order valence-electron chi connectivity index (χ2n) is 7.31. The molecule has 158 valence electrons. The minimum atomic E-state index is -0.107. The van der Waals surface area contributed by atoms with E-state index >= 15 is 0 Å². The molecular formula is C21H25N5O2S2. The van der Waals surface area contributed by atoms with Gasteiger partial charge in [-0.1, -0.05) is 31.0 Å². The first-order chi connectivity index (χ1) is 14.6. The van der Waals surface area contributed by atoms with Crippen molar-refractivity contribution in [3.8, 4) is 17.1 Å². The third kappa shape index (κ3) is 4.84. The zero-order valence-corrected chi connectivity index (χ0v) is 18.8. The van der Waals surface area contributed by atoms with Crippen molar-refractivity contribution < 1.29 is 9.53 Å². The molecule has 0 atom stereocenters. The third-order valence-corrected chi connectivity index (χ3v) is 6.92. The lowest BCUT2D eigenvalue weighted by molar-refractivity contribution is -0.114. The number of ether oxygens (including phenoxy) is 1. The number of carbonyl (C=O) groups is 1. The van der Waals surface area contributed by atoms with Gasteiger partial charge in [0.15, 0.2) is 16.1 Å². The van der Waals surface area contributed by atoms with E-state index in [2.05, 4.69) is 25.1 Å². The van der Waals surface area contributed by atoms with E-state index in [0.29, 0.717) is 16.9 Å². The number of hydrogen-bond acceptors (Lipinski definition) is 7. The van der Waals surface area contributed by atoms with Crippen LogP contribution < -0.4 is 10.1 Å². The maximum Gasteiger partial charge on any atom is 0.223 e. The van der Waals surface area contributed by atoms with Crippen molar-refractivity contribution >= 4 is 34.1 Å². The van der Waals surface area contributed by atoms with E-state index in [1.165, 1.54) is 37.5 Å². The standard InChI is InChI=1S/C21H25N5O2S2/c1-14(27)22-20-23-16(12-29-20)13-30-21-25-24-19(15-8-10-18(28-2)11-9-15)26(21)17-6-4-3-5-7-17/h8-12,17H,3-7,13H2,1-2H3,(H,22,23,27). The van der Waals surface area contributed by atoms with Gasteiger partial charge in [0.2, 0.25) is 5.91 Å². The Morgan fingerprint density at radius 2 is 2.00 bits per heavy atom. The van der Waals surface area contributed by atoms with E-state index in [9.17, 15) is 4.79 Å². The van der Waals surface area contributed by atoms with Gasteiger partial charge < -0.3 is 10.1 Å². The summed E-state index contributed by atoms with van der Waals surface area (Å²) in [6.45, 7) is 1.49. The fourth-order valence-corrected chi connectivity index (χ4v) is 5.46. The number of aromatic nitrogens is 4. The highest BCUT2D eigenvalue weighted by molar-refractivity contribution is 7.98. The average molecular weight is 444 g/mol. The van der Waals surface area contributed by atoms with E-state index in [1.807, 2.05) is 29.6 Å². The van der Waals surface area contributed by atoms with Crippen LogP contribution in [0.25, 0.3) is 11.4 Å². The summed E-state index contributed by atoms with van der Waals surface area (Å²) in [7, 11) is 1.67. The Morgan fingerprint density at radius 3 is 2.70 bits per heavy atom. The van der Waals surface area contributed by atoms with Gasteiger partial charge in [0.1, 0.15) is 5.75 Å². The van der Waals surface area contributed by atoms with Crippen molar-refractivity contribution in [2.45, 2.75) is 56.0 Å². The lowest BCUT2D eigenvalue weighted by Crippen LogP contribution is -2.15. The summed E-state index contributed by atoms with van der Waals surface area (Å²) in [5.74, 6) is 2.31. The Labute approximate surface area is 184 Å². The molecule has 1 aliphatic carbocycles.